The molecule has 24 heavy (non-hydrogen) atoms. The van der Waals surface area contributed by atoms with Gasteiger partial charge in [0, 0.05) is 43.9 Å². The van der Waals surface area contributed by atoms with Gasteiger partial charge in [0.2, 0.25) is 5.95 Å². The Kier molecular flexibility index (Phi) is 4.15. The Labute approximate surface area is 141 Å². The molecule has 0 radical (unpaired) electrons. The lowest BCUT2D eigenvalue weighted by Gasteiger charge is -2.35. The summed E-state index contributed by atoms with van der Waals surface area (Å²) in [5, 5.41) is 0. The molecule has 1 saturated carbocycles. The summed E-state index contributed by atoms with van der Waals surface area (Å²) in [7, 11) is 1.62. The topological polar surface area (TPSA) is 67.3 Å². The lowest BCUT2D eigenvalue weighted by atomic mass is 9.83. The largest absolute Gasteiger partial charge is 0.494 e. The average Bonchev–Trinajstić information content (AvgIpc) is 2.61. The highest BCUT2D eigenvalue weighted by molar-refractivity contribution is 5.43. The minimum atomic E-state index is 0.640. The first-order valence-corrected chi connectivity index (χ1v) is 8.51. The van der Waals surface area contributed by atoms with Crippen LogP contribution in [0.15, 0.2) is 24.8 Å². The number of nitrogens with zero attached hydrogens (tertiary/aromatic N) is 6. The summed E-state index contributed by atoms with van der Waals surface area (Å²) >= 11 is 0. The second-order valence-electron chi connectivity index (χ2n) is 6.33. The fourth-order valence-electron chi connectivity index (χ4n) is 3.18. The van der Waals surface area contributed by atoms with Crippen LogP contribution in [0.5, 0.6) is 5.75 Å². The van der Waals surface area contributed by atoms with E-state index in [4.69, 9.17) is 4.74 Å². The van der Waals surface area contributed by atoms with Crippen molar-refractivity contribution in [1.29, 1.82) is 0 Å². The molecule has 2 aromatic heterocycles. The molecule has 2 fully saturated rings. The highest BCUT2D eigenvalue weighted by Gasteiger charge is 2.24. The van der Waals surface area contributed by atoms with Crippen molar-refractivity contribution >= 4 is 11.8 Å². The molecule has 7 nitrogen and oxygen atoms in total. The summed E-state index contributed by atoms with van der Waals surface area (Å²) in [4.78, 5) is 22.2. The van der Waals surface area contributed by atoms with Gasteiger partial charge in [0.1, 0.15) is 12.1 Å². The monoisotopic (exact) mass is 326 g/mol. The second-order valence-corrected chi connectivity index (χ2v) is 6.33. The third-order valence-electron chi connectivity index (χ3n) is 4.93. The summed E-state index contributed by atoms with van der Waals surface area (Å²) in [5.74, 6) is 3.12. The van der Waals surface area contributed by atoms with Crippen LogP contribution < -0.4 is 14.5 Å². The molecule has 126 valence electrons. The van der Waals surface area contributed by atoms with Crippen LogP contribution in [-0.4, -0.2) is 53.2 Å². The molecule has 1 saturated heterocycles. The molecule has 1 aliphatic heterocycles. The highest BCUT2D eigenvalue weighted by atomic mass is 16.5. The SMILES string of the molecule is COc1cnc(N2CCN(c3cc(C4CCC4)ncn3)CC2)nc1. The number of rotatable bonds is 4. The van der Waals surface area contributed by atoms with Crippen molar-refractivity contribution in [3.63, 3.8) is 0 Å². The van der Waals surface area contributed by atoms with E-state index in [2.05, 4.69) is 35.8 Å². The smallest absolute Gasteiger partial charge is 0.225 e. The zero-order valence-electron chi connectivity index (χ0n) is 13.9. The summed E-state index contributed by atoms with van der Waals surface area (Å²) in [6, 6.07) is 2.17. The lowest BCUT2D eigenvalue weighted by Crippen LogP contribution is -2.47. The number of ether oxygens (including phenoxy) is 1. The van der Waals surface area contributed by atoms with Gasteiger partial charge in [-0.05, 0) is 12.8 Å². The third kappa shape index (κ3) is 2.98. The Morgan fingerprint density at radius 3 is 2.29 bits per heavy atom. The van der Waals surface area contributed by atoms with E-state index in [1.165, 1.54) is 25.0 Å². The van der Waals surface area contributed by atoms with Crippen LogP contribution in [0.1, 0.15) is 30.9 Å². The van der Waals surface area contributed by atoms with Gasteiger partial charge >= 0.3 is 0 Å². The molecular weight excluding hydrogens is 304 g/mol. The number of hydrogen-bond acceptors (Lipinski definition) is 7. The van der Waals surface area contributed by atoms with Gasteiger partial charge in [-0.2, -0.15) is 0 Å². The van der Waals surface area contributed by atoms with E-state index in [0.717, 1.165) is 37.9 Å². The van der Waals surface area contributed by atoms with Crippen LogP contribution in [0.4, 0.5) is 11.8 Å². The first-order valence-electron chi connectivity index (χ1n) is 8.51. The van der Waals surface area contributed by atoms with Gasteiger partial charge in [0.15, 0.2) is 5.75 Å². The van der Waals surface area contributed by atoms with E-state index in [-0.39, 0.29) is 0 Å². The molecule has 0 atom stereocenters. The summed E-state index contributed by atoms with van der Waals surface area (Å²) in [6.07, 6.45) is 8.98. The van der Waals surface area contributed by atoms with E-state index in [9.17, 15) is 0 Å². The van der Waals surface area contributed by atoms with E-state index in [0.29, 0.717) is 11.7 Å². The molecule has 2 aliphatic rings. The Morgan fingerprint density at radius 2 is 1.67 bits per heavy atom. The Morgan fingerprint density at radius 1 is 0.958 bits per heavy atom. The van der Waals surface area contributed by atoms with Gasteiger partial charge in [0.05, 0.1) is 19.5 Å². The second kappa shape index (κ2) is 6.59. The normalized spacial score (nSPS) is 18.4. The Hall–Kier alpha value is -2.44. The quantitative estimate of drug-likeness (QED) is 0.849. The standard InChI is InChI=1S/C17H22N6O/c1-24-14-10-18-17(19-11-14)23-7-5-22(6-8-23)16-9-15(20-12-21-16)13-3-2-4-13/h9-13H,2-8H2,1H3. The van der Waals surface area contributed by atoms with Crippen molar-refractivity contribution in [2.45, 2.75) is 25.2 Å². The summed E-state index contributed by atoms with van der Waals surface area (Å²) in [5.41, 5.74) is 1.20. The van der Waals surface area contributed by atoms with Crippen LogP contribution in [0.2, 0.25) is 0 Å². The fourth-order valence-corrected chi connectivity index (χ4v) is 3.18. The molecule has 4 rings (SSSR count). The van der Waals surface area contributed by atoms with Crippen LogP contribution in [-0.2, 0) is 0 Å². The van der Waals surface area contributed by atoms with Gasteiger partial charge in [-0.25, -0.2) is 19.9 Å². The van der Waals surface area contributed by atoms with Crippen LogP contribution in [0.25, 0.3) is 0 Å². The van der Waals surface area contributed by atoms with Crippen molar-refractivity contribution in [2.24, 2.45) is 0 Å². The Bertz CT molecular complexity index is 680. The molecule has 0 unspecified atom stereocenters. The van der Waals surface area contributed by atoms with Crippen molar-refractivity contribution in [3.8, 4) is 5.75 Å². The zero-order valence-corrected chi connectivity index (χ0v) is 13.9. The molecule has 3 heterocycles. The average molecular weight is 326 g/mol. The molecular formula is C17H22N6O. The summed E-state index contributed by atoms with van der Waals surface area (Å²) in [6.45, 7) is 3.59. The first kappa shape index (κ1) is 15.1. The lowest BCUT2D eigenvalue weighted by molar-refractivity contribution is 0.410. The number of methoxy groups -OCH3 is 1. The zero-order chi connectivity index (χ0) is 16.4. The van der Waals surface area contributed by atoms with E-state index in [1.54, 1.807) is 25.8 Å². The summed E-state index contributed by atoms with van der Waals surface area (Å²) < 4.78 is 5.11. The maximum absolute atomic E-state index is 5.11. The van der Waals surface area contributed by atoms with Crippen molar-refractivity contribution in [3.05, 3.63) is 30.5 Å². The van der Waals surface area contributed by atoms with Gasteiger partial charge in [-0.15, -0.1) is 0 Å². The van der Waals surface area contributed by atoms with Crippen molar-refractivity contribution in [1.82, 2.24) is 19.9 Å². The van der Waals surface area contributed by atoms with E-state index in [1.807, 2.05) is 0 Å². The number of aromatic nitrogens is 4. The first-order chi connectivity index (χ1) is 11.8. The molecule has 0 N–H and O–H groups in total. The fraction of sp³-hybridized carbons (Fsp3) is 0.529. The van der Waals surface area contributed by atoms with Crippen molar-refractivity contribution in [2.75, 3.05) is 43.1 Å². The molecule has 0 spiro atoms. The number of hydrogen-bond donors (Lipinski definition) is 0. The minimum absolute atomic E-state index is 0.640. The molecule has 2 aromatic rings. The van der Waals surface area contributed by atoms with Crippen LogP contribution in [0, 0.1) is 0 Å². The van der Waals surface area contributed by atoms with E-state index < -0.39 is 0 Å². The maximum Gasteiger partial charge on any atom is 0.225 e. The Balaban J connectivity index is 1.40. The molecule has 7 heteroatoms. The number of anilines is 2. The van der Waals surface area contributed by atoms with Gasteiger partial charge in [-0.3, -0.25) is 0 Å². The predicted octanol–water partition coefficient (Wildman–Crippen LogP) is 1.87. The highest BCUT2D eigenvalue weighted by Crippen LogP contribution is 2.35. The molecule has 1 aliphatic carbocycles. The van der Waals surface area contributed by atoms with E-state index >= 15 is 0 Å². The van der Waals surface area contributed by atoms with Crippen molar-refractivity contribution < 1.29 is 4.74 Å². The van der Waals surface area contributed by atoms with Gasteiger partial charge < -0.3 is 14.5 Å². The molecule has 0 amide bonds. The third-order valence-corrected chi connectivity index (χ3v) is 4.93. The van der Waals surface area contributed by atoms with Crippen LogP contribution in [0.3, 0.4) is 0 Å². The number of piperazine rings is 1. The predicted molar refractivity (Wildman–Crippen MR) is 91.6 cm³/mol. The minimum Gasteiger partial charge on any atom is -0.494 e. The van der Waals surface area contributed by atoms with Gasteiger partial charge in [0.25, 0.3) is 0 Å². The molecule has 0 bridgehead atoms. The maximum atomic E-state index is 5.11. The van der Waals surface area contributed by atoms with Gasteiger partial charge in [-0.1, -0.05) is 6.42 Å². The molecule has 0 aromatic carbocycles. The van der Waals surface area contributed by atoms with Crippen LogP contribution >= 0.6 is 0 Å².